The van der Waals surface area contributed by atoms with Gasteiger partial charge in [0.1, 0.15) is 5.82 Å². The third-order valence-corrected chi connectivity index (χ3v) is 3.16. The highest BCUT2D eigenvalue weighted by molar-refractivity contribution is 6.37. The van der Waals surface area contributed by atoms with E-state index in [-0.39, 0.29) is 11.6 Å². The summed E-state index contributed by atoms with van der Waals surface area (Å²) in [5.74, 6) is 5.60. The van der Waals surface area contributed by atoms with Gasteiger partial charge in [0.25, 0.3) is 0 Å². The first kappa shape index (κ1) is 13.9. The Hall–Kier alpha value is -1.56. The van der Waals surface area contributed by atoms with Crippen LogP contribution in [0.5, 0.6) is 0 Å². The number of anilines is 3. The molecule has 0 saturated heterocycles. The first-order chi connectivity index (χ1) is 9.02. The number of hydrogen-bond acceptors (Lipinski definition) is 4. The summed E-state index contributed by atoms with van der Waals surface area (Å²) in [5.41, 5.74) is 3.40. The van der Waals surface area contributed by atoms with E-state index in [4.69, 9.17) is 29.0 Å². The lowest BCUT2D eigenvalue weighted by molar-refractivity contribution is 0.619. The van der Waals surface area contributed by atoms with E-state index in [1.165, 1.54) is 12.1 Å². The largest absolute Gasteiger partial charge is 0.339 e. The molecule has 0 amide bonds. The number of hydrazine groups is 1. The summed E-state index contributed by atoms with van der Waals surface area (Å²) in [4.78, 5) is 4.12. The minimum Gasteiger partial charge on any atom is -0.339 e. The maximum absolute atomic E-state index is 13.4. The van der Waals surface area contributed by atoms with Crippen LogP contribution in [0, 0.1) is 12.7 Å². The molecule has 19 heavy (non-hydrogen) atoms. The monoisotopic (exact) mass is 300 g/mol. The van der Waals surface area contributed by atoms with Gasteiger partial charge in [-0.25, -0.2) is 15.2 Å². The molecule has 1 aromatic carbocycles. The standard InChI is InChI=1S/C12H11Cl2FN4/c1-6-9(15)3-2-4-10(6)17-11-7(13)5-8(14)12(18-11)19-16/h2-5H,16H2,1H3,(H2,17,18,19). The summed E-state index contributed by atoms with van der Waals surface area (Å²) >= 11 is 11.9. The van der Waals surface area contributed by atoms with Crippen LogP contribution in [0.1, 0.15) is 5.56 Å². The Morgan fingerprint density at radius 2 is 1.89 bits per heavy atom. The number of halogens is 3. The Kier molecular flexibility index (Phi) is 4.09. The van der Waals surface area contributed by atoms with Gasteiger partial charge in [0.15, 0.2) is 11.6 Å². The Bertz CT molecular complexity index is 619. The second kappa shape index (κ2) is 5.61. The number of nitrogens with two attached hydrogens (primary N) is 1. The molecule has 2 rings (SSSR count). The van der Waals surface area contributed by atoms with Crippen molar-refractivity contribution in [2.75, 3.05) is 10.7 Å². The first-order valence-corrected chi connectivity index (χ1v) is 6.13. The average molecular weight is 301 g/mol. The number of nitrogen functional groups attached to an aromatic ring is 1. The topological polar surface area (TPSA) is 63.0 Å². The Morgan fingerprint density at radius 1 is 1.21 bits per heavy atom. The molecule has 1 heterocycles. The molecule has 0 aliphatic heterocycles. The number of pyridine rings is 1. The van der Waals surface area contributed by atoms with E-state index < -0.39 is 0 Å². The lowest BCUT2D eigenvalue weighted by atomic mass is 10.2. The van der Waals surface area contributed by atoms with E-state index in [2.05, 4.69) is 15.7 Å². The molecule has 0 aliphatic rings. The first-order valence-electron chi connectivity index (χ1n) is 5.37. The lowest BCUT2D eigenvalue weighted by Gasteiger charge is -2.12. The van der Waals surface area contributed by atoms with Crippen LogP contribution in [0.4, 0.5) is 21.7 Å². The molecular formula is C12H11Cl2FN4. The van der Waals surface area contributed by atoms with E-state index in [9.17, 15) is 4.39 Å². The molecular weight excluding hydrogens is 290 g/mol. The fourth-order valence-corrected chi connectivity index (χ4v) is 1.99. The summed E-state index contributed by atoms with van der Waals surface area (Å²) < 4.78 is 13.4. The highest BCUT2D eigenvalue weighted by Gasteiger charge is 2.11. The molecule has 7 heteroatoms. The fourth-order valence-electron chi connectivity index (χ4n) is 1.53. The van der Waals surface area contributed by atoms with Crippen LogP contribution >= 0.6 is 23.2 Å². The molecule has 0 saturated carbocycles. The summed E-state index contributed by atoms with van der Waals surface area (Å²) in [6.45, 7) is 1.66. The van der Waals surface area contributed by atoms with Gasteiger partial charge in [0.2, 0.25) is 0 Å². The minimum atomic E-state index is -0.313. The van der Waals surface area contributed by atoms with Gasteiger partial charge >= 0.3 is 0 Å². The van der Waals surface area contributed by atoms with Crippen molar-refractivity contribution < 1.29 is 4.39 Å². The van der Waals surface area contributed by atoms with Crippen molar-refractivity contribution in [2.24, 2.45) is 5.84 Å². The van der Waals surface area contributed by atoms with E-state index in [0.717, 1.165) is 0 Å². The van der Waals surface area contributed by atoms with Gasteiger partial charge < -0.3 is 10.7 Å². The van der Waals surface area contributed by atoms with E-state index >= 15 is 0 Å². The zero-order valence-corrected chi connectivity index (χ0v) is 11.5. The molecule has 0 spiro atoms. The summed E-state index contributed by atoms with van der Waals surface area (Å²) in [6, 6.07) is 6.20. The third-order valence-electron chi connectivity index (χ3n) is 2.59. The van der Waals surface area contributed by atoms with E-state index in [1.807, 2.05) is 0 Å². The molecule has 2 aromatic rings. The van der Waals surface area contributed by atoms with Crippen LogP contribution in [0.2, 0.25) is 10.0 Å². The van der Waals surface area contributed by atoms with E-state index in [1.54, 1.807) is 19.1 Å². The zero-order valence-electron chi connectivity index (χ0n) is 9.97. The molecule has 0 bridgehead atoms. The van der Waals surface area contributed by atoms with Crippen LogP contribution in [0.3, 0.4) is 0 Å². The van der Waals surface area contributed by atoms with Gasteiger partial charge in [-0.2, -0.15) is 0 Å². The van der Waals surface area contributed by atoms with Crippen molar-refractivity contribution in [3.8, 4) is 0 Å². The van der Waals surface area contributed by atoms with Gasteiger partial charge in [-0.1, -0.05) is 29.3 Å². The third kappa shape index (κ3) is 2.89. The van der Waals surface area contributed by atoms with Gasteiger partial charge in [-0.3, -0.25) is 0 Å². The highest BCUT2D eigenvalue weighted by atomic mass is 35.5. The van der Waals surface area contributed by atoms with Gasteiger partial charge in [-0.15, -0.1) is 0 Å². The van der Waals surface area contributed by atoms with Crippen molar-refractivity contribution in [2.45, 2.75) is 6.92 Å². The summed E-state index contributed by atoms with van der Waals surface area (Å²) in [6.07, 6.45) is 0. The van der Waals surface area contributed by atoms with Crippen molar-refractivity contribution in [3.05, 3.63) is 45.7 Å². The lowest BCUT2D eigenvalue weighted by Crippen LogP contribution is -2.10. The van der Waals surface area contributed by atoms with Crippen LogP contribution in [0.15, 0.2) is 24.3 Å². The van der Waals surface area contributed by atoms with Crippen LogP contribution in [-0.2, 0) is 0 Å². The van der Waals surface area contributed by atoms with Crippen LogP contribution < -0.4 is 16.6 Å². The normalized spacial score (nSPS) is 10.4. The summed E-state index contributed by atoms with van der Waals surface area (Å²) in [5, 5.41) is 3.56. The maximum Gasteiger partial charge on any atom is 0.161 e. The molecule has 0 unspecified atom stereocenters. The van der Waals surface area contributed by atoms with E-state index in [0.29, 0.717) is 27.1 Å². The predicted molar refractivity (Wildman–Crippen MR) is 76.5 cm³/mol. The number of benzene rings is 1. The van der Waals surface area contributed by atoms with Gasteiger partial charge in [0.05, 0.1) is 10.0 Å². The van der Waals surface area contributed by atoms with Crippen molar-refractivity contribution in [3.63, 3.8) is 0 Å². The number of hydrogen-bond donors (Lipinski definition) is 3. The van der Waals surface area contributed by atoms with Crippen LogP contribution in [0.25, 0.3) is 0 Å². The van der Waals surface area contributed by atoms with Crippen molar-refractivity contribution >= 4 is 40.5 Å². The molecule has 4 N–H and O–H groups in total. The number of aromatic nitrogens is 1. The predicted octanol–water partition coefficient (Wildman–Crippen LogP) is 3.87. The zero-order chi connectivity index (χ0) is 14.0. The second-order valence-corrected chi connectivity index (χ2v) is 4.65. The average Bonchev–Trinajstić information content (AvgIpc) is 2.38. The van der Waals surface area contributed by atoms with Crippen LogP contribution in [-0.4, -0.2) is 4.98 Å². The molecule has 1 aromatic heterocycles. The number of nitrogens with zero attached hydrogens (tertiary/aromatic N) is 1. The summed E-state index contributed by atoms with van der Waals surface area (Å²) in [7, 11) is 0. The number of rotatable bonds is 3. The maximum atomic E-state index is 13.4. The molecule has 0 aliphatic carbocycles. The smallest absolute Gasteiger partial charge is 0.161 e. The Morgan fingerprint density at radius 3 is 2.58 bits per heavy atom. The van der Waals surface area contributed by atoms with Crippen molar-refractivity contribution in [1.29, 1.82) is 0 Å². The quantitative estimate of drug-likeness (QED) is 0.595. The molecule has 100 valence electrons. The molecule has 4 nitrogen and oxygen atoms in total. The Balaban J connectivity index is 2.41. The molecule has 0 atom stereocenters. The number of nitrogens with one attached hydrogen (secondary N) is 2. The van der Waals surface area contributed by atoms with Gasteiger partial charge in [0, 0.05) is 11.3 Å². The minimum absolute atomic E-state index is 0.280. The Labute approximate surface area is 119 Å². The van der Waals surface area contributed by atoms with Gasteiger partial charge in [-0.05, 0) is 25.1 Å². The molecule has 0 radical (unpaired) electrons. The molecule has 0 fully saturated rings. The van der Waals surface area contributed by atoms with Crippen molar-refractivity contribution in [1.82, 2.24) is 4.98 Å². The SMILES string of the molecule is Cc1c(F)cccc1Nc1nc(NN)c(Cl)cc1Cl. The second-order valence-electron chi connectivity index (χ2n) is 3.83. The highest BCUT2D eigenvalue weighted by Crippen LogP contribution is 2.31. The fraction of sp³-hybridized carbons (Fsp3) is 0.0833.